The zero-order valence-electron chi connectivity index (χ0n) is 11.4. The van der Waals surface area contributed by atoms with Crippen LogP contribution in [0.1, 0.15) is 5.56 Å². The lowest BCUT2D eigenvalue weighted by Crippen LogP contribution is -2.18. The molecule has 2 rings (SSSR count). The van der Waals surface area contributed by atoms with Gasteiger partial charge in [0, 0.05) is 25.2 Å². The summed E-state index contributed by atoms with van der Waals surface area (Å²) < 4.78 is 18.9. The van der Waals surface area contributed by atoms with Crippen molar-refractivity contribution in [2.24, 2.45) is 0 Å². The molecule has 0 fully saturated rings. The average molecular weight is 295 g/mol. The number of anilines is 2. The molecule has 20 heavy (non-hydrogen) atoms. The van der Waals surface area contributed by atoms with Gasteiger partial charge in [0.05, 0.1) is 23.5 Å². The minimum atomic E-state index is -0.484. The van der Waals surface area contributed by atoms with Crippen molar-refractivity contribution in [1.29, 1.82) is 0 Å². The third kappa shape index (κ3) is 2.96. The van der Waals surface area contributed by atoms with E-state index in [0.717, 1.165) is 11.3 Å². The number of nitrogens with zero attached hydrogens (tertiary/aromatic N) is 1. The lowest BCUT2D eigenvalue weighted by Gasteiger charge is -2.22. The van der Waals surface area contributed by atoms with E-state index in [-0.39, 0.29) is 5.02 Å². The molecule has 3 nitrogen and oxygen atoms in total. The number of hydrogen-bond donors (Lipinski definition) is 1. The molecule has 0 bridgehead atoms. The van der Waals surface area contributed by atoms with Crippen molar-refractivity contribution >= 4 is 23.0 Å². The van der Waals surface area contributed by atoms with Crippen molar-refractivity contribution in [3.63, 3.8) is 0 Å². The van der Waals surface area contributed by atoms with Gasteiger partial charge in [0.25, 0.3) is 0 Å². The van der Waals surface area contributed by atoms with E-state index < -0.39 is 5.82 Å². The highest BCUT2D eigenvalue weighted by Crippen LogP contribution is 2.30. The van der Waals surface area contributed by atoms with Crippen LogP contribution in [0.25, 0.3) is 0 Å². The standard InChI is InChI=1S/C15H16ClFN2O/c1-19(9-10-5-3-4-6-15(10)20-2)14-8-12(17)11(16)7-13(14)18/h3-8H,9,18H2,1-2H3. The molecule has 0 saturated carbocycles. The minimum absolute atomic E-state index is 0.0249. The van der Waals surface area contributed by atoms with Crippen LogP contribution < -0.4 is 15.4 Å². The fourth-order valence-corrected chi connectivity index (χ4v) is 2.23. The van der Waals surface area contributed by atoms with Gasteiger partial charge in [-0.25, -0.2) is 4.39 Å². The van der Waals surface area contributed by atoms with E-state index in [4.69, 9.17) is 22.1 Å². The summed E-state index contributed by atoms with van der Waals surface area (Å²) in [6, 6.07) is 10.4. The van der Waals surface area contributed by atoms with Gasteiger partial charge in [0.15, 0.2) is 0 Å². The maximum absolute atomic E-state index is 13.6. The maximum Gasteiger partial charge on any atom is 0.144 e. The number of nitrogens with two attached hydrogens (primary N) is 1. The van der Waals surface area contributed by atoms with Crippen LogP contribution in [0.2, 0.25) is 5.02 Å². The summed E-state index contributed by atoms with van der Waals surface area (Å²) in [5.74, 6) is 0.301. The Kier molecular flexibility index (Phi) is 4.35. The van der Waals surface area contributed by atoms with E-state index in [1.807, 2.05) is 36.2 Å². The van der Waals surface area contributed by atoms with E-state index in [0.29, 0.717) is 17.9 Å². The maximum atomic E-state index is 13.6. The molecular formula is C15H16ClFN2O. The molecule has 0 aromatic heterocycles. The number of benzene rings is 2. The van der Waals surface area contributed by atoms with E-state index in [1.54, 1.807) is 7.11 Å². The Morgan fingerprint density at radius 3 is 2.70 bits per heavy atom. The van der Waals surface area contributed by atoms with Gasteiger partial charge in [-0.05, 0) is 12.1 Å². The third-order valence-corrected chi connectivity index (χ3v) is 3.37. The van der Waals surface area contributed by atoms with Crippen molar-refractivity contribution in [2.45, 2.75) is 6.54 Å². The number of hydrogen-bond acceptors (Lipinski definition) is 3. The molecule has 0 radical (unpaired) electrons. The summed E-state index contributed by atoms with van der Waals surface area (Å²) in [6.07, 6.45) is 0. The van der Waals surface area contributed by atoms with Gasteiger partial charge in [-0.1, -0.05) is 29.8 Å². The Balaban J connectivity index is 2.28. The van der Waals surface area contributed by atoms with Crippen molar-refractivity contribution in [1.82, 2.24) is 0 Å². The molecule has 5 heteroatoms. The fourth-order valence-electron chi connectivity index (χ4n) is 2.06. The van der Waals surface area contributed by atoms with Crippen LogP contribution in [0.4, 0.5) is 15.8 Å². The Morgan fingerprint density at radius 2 is 2.00 bits per heavy atom. The van der Waals surface area contributed by atoms with Crippen LogP contribution >= 0.6 is 11.6 Å². The summed E-state index contributed by atoms with van der Waals surface area (Å²) in [4.78, 5) is 1.85. The largest absolute Gasteiger partial charge is 0.496 e. The topological polar surface area (TPSA) is 38.5 Å². The first-order valence-electron chi connectivity index (χ1n) is 6.10. The summed E-state index contributed by atoms with van der Waals surface area (Å²) in [6.45, 7) is 0.551. The first-order valence-corrected chi connectivity index (χ1v) is 6.48. The van der Waals surface area contributed by atoms with E-state index >= 15 is 0 Å². The number of nitrogen functional groups attached to an aromatic ring is 1. The van der Waals surface area contributed by atoms with Crippen molar-refractivity contribution in [2.75, 3.05) is 24.8 Å². The molecule has 2 aromatic carbocycles. The van der Waals surface area contributed by atoms with Gasteiger partial charge in [-0.3, -0.25) is 0 Å². The van der Waals surface area contributed by atoms with Gasteiger partial charge in [-0.2, -0.15) is 0 Å². The molecule has 0 aliphatic heterocycles. The highest BCUT2D eigenvalue weighted by Gasteiger charge is 2.12. The van der Waals surface area contributed by atoms with Crippen LogP contribution in [0, 0.1) is 5.82 Å². The highest BCUT2D eigenvalue weighted by atomic mass is 35.5. The Hall–Kier alpha value is -1.94. The molecule has 0 atom stereocenters. The molecule has 106 valence electrons. The van der Waals surface area contributed by atoms with Crippen molar-refractivity contribution < 1.29 is 9.13 Å². The first kappa shape index (κ1) is 14.5. The molecule has 0 aliphatic rings. The fraction of sp³-hybridized carbons (Fsp3) is 0.200. The molecule has 0 amide bonds. The zero-order chi connectivity index (χ0) is 14.7. The normalized spacial score (nSPS) is 10.4. The first-order chi connectivity index (χ1) is 9.52. The summed E-state index contributed by atoms with van der Waals surface area (Å²) in [7, 11) is 3.46. The Morgan fingerprint density at radius 1 is 1.30 bits per heavy atom. The predicted molar refractivity (Wildman–Crippen MR) is 80.9 cm³/mol. The van der Waals surface area contributed by atoms with Crippen LogP contribution in [0.5, 0.6) is 5.75 Å². The summed E-state index contributed by atoms with van der Waals surface area (Å²) in [5.41, 5.74) is 7.92. The third-order valence-electron chi connectivity index (χ3n) is 3.08. The van der Waals surface area contributed by atoms with E-state index in [9.17, 15) is 4.39 Å². The smallest absolute Gasteiger partial charge is 0.144 e. The molecule has 0 unspecified atom stereocenters. The summed E-state index contributed by atoms with van der Waals surface area (Å²) in [5, 5.41) is 0.0249. The number of halogens is 2. The quantitative estimate of drug-likeness (QED) is 0.874. The Bertz CT molecular complexity index is 619. The molecule has 0 aliphatic carbocycles. The number of para-hydroxylation sites is 1. The van der Waals surface area contributed by atoms with Crippen LogP contribution in [-0.4, -0.2) is 14.2 Å². The van der Waals surface area contributed by atoms with Gasteiger partial charge in [0.2, 0.25) is 0 Å². The lowest BCUT2D eigenvalue weighted by atomic mass is 10.1. The van der Waals surface area contributed by atoms with Crippen LogP contribution in [0.3, 0.4) is 0 Å². The zero-order valence-corrected chi connectivity index (χ0v) is 12.1. The monoisotopic (exact) mass is 294 g/mol. The predicted octanol–water partition coefficient (Wildman–Crippen LogP) is 3.71. The van der Waals surface area contributed by atoms with Gasteiger partial charge in [0.1, 0.15) is 11.6 Å². The molecule has 0 saturated heterocycles. The molecule has 0 spiro atoms. The lowest BCUT2D eigenvalue weighted by molar-refractivity contribution is 0.409. The van der Waals surface area contributed by atoms with Gasteiger partial charge >= 0.3 is 0 Å². The highest BCUT2D eigenvalue weighted by molar-refractivity contribution is 6.31. The average Bonchev–Trinajstić information content (AvgIpc) is 2.43. The van der Waals surface area contributed by atoms with Gasteiger partial charge in [-0.15, -0.1) is 0 Å². The van der Waals surface area contributed by atoms with Gasteiger partial charge < -0.3 is 15.4 Å². The molecule has 0 heterocycles. The number of methoxy groups -OCH3 is 1. The summed E-state index contributed by atoms with van der Waals surface area (Å²) >= 11 is 5.70. The second-order valence-electron chi connectivity index (χ2n) is 4.49. The molecule has 2 N–H and O–H groups in total. The number of rotatable bonds is 4. The second-order valence-corrected chi connectivity index (χ2v) is 4.90. The molecule has 2 aromatic rings. The number of ether oxygens (including phenoxy) is 1. The van der Waals surface area contributed by atoms with Crippen molar-refractivity contribution in [3.05, 3.63) is 52.8 Å². The van der Waals surface area contributed by atoms with Crippen LogP contribution in [0.15, 0.2) is 36.4 Å². The second kappa shape index (κ2) is 6.01. The van der Waals surface area contributed by atoms with Crippen molar-refractivity contribution in [3.8, 4) is 5.75 Å². The van der Waals surface area contributed by atoms with E-state index in [1.165, 1.54) is 12.1 Å². The van der Waals surface area contributed by atoms with Crippen LogP contribution in [-0.2, 0) is 6.54 Å². The van der Waals surface area contributed by atoms with E-state index in [2.05, 4.69) is 0 Å². The minimum Gasteiger partial charge on any atom is -0.496 e. The molecular weight excluding hydrogens is 279 g/mol. The Labute approximate surface area is 122 Å². The SMILES string of the molecule is COc1ccccc1CN(C)c1cc(F)c(Cl)cc1N.